The van der Waals surface area contributed by atoms with Crippen LogP contribution in [-0.2, 0) is 5.54 Å². The van der Waals surface area contributed by atoms with Crippen molar-refractivity contribution < 1.29 is 0 Å². The summed E-state index contributed by atoms with van der Waals surface area (Å²) >= 11 is 0. The number of imidazole rings is 1. The number of fused-ring (bicyclic) bond motifs is 9. The number of anilines is 1. The van der Waals surface area contributed by atoms with Gasteiger partial charge in [-0.1, -0.05) is 0 Å². The quantitative estimate of drug-likeness (QED) is 0.712. The highest BCUT2D eigenvalue weighted by molar-refractivity contribution is 5.89. The van der Waals surface area contributed by atoms with Gasteiger partial charge in [0.05, 0.1) is 29.3 Å². The maximum atomic E-state index is 4.72. The minimum absolute atomic E-state index is 0.0606. The standard InChI is InChI=1S/C20H23N5/c1-20(16-9-21-10-22-16)19-12-4-3-11(7-12)17(19)18-13-8-23-24-14(13)5-6-15(18)25(20)2/h5-6,8-12,17,19H,3-4,7H2,1-2H3,(H,21,22)(H,23,24)/t11?,12?,17-,19-,20+/m1/s1. The van der Waals surface area contributed by atoms with Crippen molar-refractivity contribution in [1.29, 1.82) is 0 Å². The summed E-state index contributed by atoms with van der Waals surface area (Å²) in [6.07, 6.45) is 10.1. The Morgan fingerprint density at radius 2 is 2.12 bits per heavy atom. The average molecular weight is 333 g/mol. The van der Waals surface area contributed by atoms with Crippen LogP contribution < -0.4 is 4.90 Å². The van der Waals surface area contributed by atoms with Gasteiger partial charge in [0, 0.05) is 24.3 Å². The van der Waals surface area contributed by atoms with Crippen LogP contribution >= 0.6 is 0 Å². The van der Waals surface area contributed by atoms with Gasteiger partial charge in [-0.2, -0.15) is 5.10 Å². The van der Waals surface area contributed by atoms with E-state index in [0.29, 0.717) is 11.8 Å². The number of aromatic nitrogens is 4. The van der Waals surface area contributed by atoms with Crippen LogP contribution in [-0.4, -0.2) is 27.2 Å². The predicted molar refractivity (Wildman–Crippen MR) is 97.5 cm³/mol. The van der Waals surface area contributed by atoms with E-state index in [1.165, 1.54) is 41.6 Å². The second-order valence-corrected chi connectivity index (χ2v) is 8.38. The molecular formula is C20H23N5. The van der Waals surface area contributed by atoms with E-state index in [9.17, 15) is 0 Å². The molecule has 3 aliphatic rings. The zero-order valence-corrected chi connectivity index (χ0v) is 14.7. The molecule has 5 atom stereocenters. The van der Waals surface area contributed by atoms with Crippen LogP contribution in [0.25, 0.3) is 10.9 Å². The first-order valence-corrected chi connectivity index (χ1v) is 9.38. The largest absolute Gasteiger partial charge is 0.363 e. The molecule has 5 heteroatoms. The molecule has 1 aromatic carbocycles. The molecule has 2 saturated carbocycles. The van der Waals surface area contributed by atoms with E-state index in [2.05, 4.69) is 52.4 Å². The van der Waals surface area contributed by atoms with Gasteiger partial charge in [-0.25, -0.2) is 4.98 Å². The number of hydrogen-bond acceptors (Lipinski definition) is 3. The molecule has 5 nitrogen and oxygen atoms in total. The summed E-state index contributed by atoms with van der Waals surface area (Å²) in [6, 6.07) is 4.46. The lowest BCUT2D eigenvalue weighted by Gasteiger charge is -2.54. The average Bonchev–Trinajstić information content (AvgIpc) is 3.41. The highest BCUT2D eigenvalue weighted by Gasteiger charge is 2.61. The Morgan fingerprint density at radius 3 is 2.96 bits per heavy atom. The molecule has 128 valence electrons. The van der Waals surface area contributed by atoms with Crippen molar-refractivity contribution in [2.75, 3.05) is 11.9 Å². The Labute approximate surface area is 146 Å². The maximum Gasteiger partial charge on any atom is 0.0924 e. The highest BCUT2D eigenvalue weighted by Crippen LogP contribution is 2.67. The number of nitrogens with zero attached hydrogens (tertiary/aromatic N) is 3. The fraction of sp³-hybridized carbons (Fsp3) is 0.500. The summed E-state index contributed by atoms with van der Waals surface area (Å²) < 4.78 is 0. The molecule has 2 aliphatic carbocycles. The number of benzene rings is 1. The molecule has 2 fully saturated rings. The lowest BCUT2D eigenvalue weighted by Crippen LogP contribution is -2.54. The van der Waals surface area contributed by atoms with Crippen molar-refractivity contribution in [2.45, 2.75) is 37.6 Å². The molecule has 0 saturated heterocycles. The first-order valence-electron chi connectivity index (χ1n) is 9.38. The minimum atomic E-state index is -0.0606. The maximum absolute atomic E-state index is 4.72. The van der Waals surface area contributed by atoms with E-state index in [1.807, 2.05) is 12.5 Å². The molecule has 2 bridgehead atoms. The van der Waals surface area contributed by atoms with Crippen LogP contribution in [0.15, 0.2) is 30.9 Å². The lowest BCUT2D eigenvalue weighted by atomic mass is 9.62. The van der Waals surface area contributed by atoms with Gasteiger partial charge in [-0.05, 0) is 67.6 Å². The molecule has 6 rings (SSSR count). The summed E-state index contributed by atoms with van der Waals surface area (Å²) in [6.45, 7) is 2.41. The lowest BCUT2D eigenvalue weighted by molar-refractivity contribution is 0.154. The number of H-pyrrole nitrogens is 2. The molecule has 2 aromatic heterocycles. The third kappa shape index (κ3) is 1.51. The summed E-state index contributed by atoms with van der Waals surface area (Å²) in [5.41, 5.74) is 5.16. The van der Waals surface area contributed by atoms with Crippen LogP contribution in [0.2, 0.25) is 0 Å². The third-order valence-electron chi connectivity index (χ3n) is 7.62. The SMILES string of the molecule is CN1c2ccc3[nH]ncc3c2[C@H]2C3CCC(C3)[C@H]2[C@]1(C)c1c[nH]cn1. The molecule has 2 unspecified atom stereocenters. The van der Waals surface area contributed by atoms with E-state index in [4.69, 9.17) is 4.98 Å². The van der Waals surface area contributed by atoms with Crippen LogP contribution in [0.1, 0.15) is 43.4 Å². The van der Waals surface area contributed by atoms with Crippen molar-refractivity contribution in [3.63, 3.8) is 0 Å². The molecule has 0 radical (unpaired) electrons. The normalized spacial score (nSPS) is 36.0. The first kappa shape index (κ1) is 13.9. The molecule has 2 N–H and O–H groups in total. The van der Waals surface area contributed by atoms with Crippen LogP contribution in [0, 0.1) is 17.8 Å². The monoisotopic (exact) mass is 333 g/mol. The second kappa shape index (κ2) is 4.45. The Hall–Kier alpha value is -2.30. The third-order valence-corrected chi connectivity index (χ3v) is 7.62. The fourth-order valence-electron chi connectivity index (χ4n) is 6.54. The Balaban J connectivity index is 1.68. The molecule has 3 aromatic rings. The number of nitrogens with one attached hydrogen (secondary N) is 2. The number of rotatable bonds is 1. The fourth-order valence-corrected chi connectivity index (χ4v) is 6.54. The second-order valence-electron chi connectivity index (χ2n) is 8.38. The van der Waals surface area contributed by atoms with Gasteiger partial charge >= 0.3 is 0 Å². The summed E-state index contributed by atoms with van der Waals surface area (Å²) in [4.78, 5) is 10.4. The Morgan fingerprint density at radius 1 is 1.24 bits per heavy atom. The molecule has 0 spiro atoms. The van der Waals surface area contributed by atoms with Crippen molar-refractivity contribution in [3.8, 4) is 0 Å². The molecule has 0 amide bonds. The summed E-state index contributed by atoms with van der Waals surface area (Å²) in [5, 5.41) is 8.82. The van der Waals surface area contributed by atoms with E-state index in [0.717, 1.165) is 17.4 Å². The Kier molecular flexibility index (Phi) is 2.48. The van der Waals surface area contributed by atoms with Gasteiger partial charge in [0.25, 0.3) is 0 Å². The molecular weight excluding hydrogens is 310 g/mol. The van der Waals surface area contributed by atoms with Crippen LogP contribution in [0.4, 0.5) is 5.69 Å². The van der Waals surface area contributed by atoms with Gasteiger partial charge in [0.1, 0.15) is 0 Å². The van der Waals surface area contributed by atoms with Crippen LogP contribution in [0.5, 0.6) is 0 Å². The number of aromatic amines is 2. The van der Waals surface area contributed by atoms with Crippen molar-refractivity contribution in [2.24, 2.45) is 17.8 Å². The predicted octanol–water partition coefficient (Wildman–Crippen LogP) is 3.78. The summed E-state index contributed by atoms with van der Waals surface area (Å²) in [7, 11) is 2.25. The van der Waals surface area contributed by atoms with Crippen molar-refractivity contribution >= 4 is 16.6 Å². The van der Waals surface area contributed by atoms with Crippen molar-refractivity contribution in [3.05, 3.63) is 42.1 Å². The molecule has 3 heterocycles. The zero-order chi connectivity index (χ0) is 16.8. The van der Waals surface area contributed by atoms with Gasteiger partial charge in [0.2, 0.25) is 0 Å². The first-order chi connectivity index (χ1) is 12.2. The zero-order valence-electron chi connectivity index (χ0n) is 14.7. The number of hydrogen-bond donors (Lipinski definition) is 2. The van der Waals surface area contributed by atoms with Gasteiger partial charge in [-0.15, -0.1) is 0 Å². The van der Waals surface area contributed by atoms with E-state index in [1.54, 1.807) is 0 Å². The highest BCUT2D eigenvalue weighted by atomic mass is 15.2. The van der Waals surface area contributed by atoms with Crippen molar-refractivity contribution in [1.82, 2.24) is 20.2 Å². The van der Waals surface area contributed by atoms with E-state index >= 15 is 0 Å². The van der Waals surface area contributed by atoms with E-state index < -0.39 is 0 Å². The Bertz CT molecular complexity index is 958. The topological polar surface area (TPSA) is 60.6 Å². The van der Waals surface area contributed by atoms with E-state index in [-0.39, 0.29) is 5.54 Å². The minimum Gasteiger partial charge on any atom is -0.363 e. The van der Waals surface area contributed by atoms with Gasteiger partial charge in [-0.3, -0.25) is 5.10 Å². The molecule has 25 heavy (non-hydrogen) atoms. The molecule has 1 aliphatic heterocycles. The van der Waals surface area contributed by atoms with Gasteiger partial charge < -0.3 is 9.88 Å². The van der Waals surface area contributed by atoms with Gasteiger partial charge in [0.15, 0.2) is 0 Å². The smallest absolute Gasteiger partial charge is 0.0924 e. The summed E-state index contributed by atoms with van der Waals surface area (Å²) in [5.74, 6) is 2.84. The van der Waals surface area contributed by atoms with Crippen LogP contribution in [0.3, 0.4) is 0 Å².